The molecule has 0 bridgehead atoms. The molecule has 0 atom stereocenters. The minimum Gasteiger partial charge on any atom is -0.618 e. The smallest absolute Gasteiger partial charge is 0.359 e. The maximum atomic E-state index is 11.8. The SMILES string of the molecule is Cc1cc(N2CCCNCC2)c([N+](=O)[O-])c(C)[n+]1[O-]. The normalized spacial score (nSPS) is 16.2. The lowest BCUT2D eigenvalue weighted by Crippen LogP contribution is -2.37. The second kappa shape index (κ2) is 5.40. The van der Waals surface area contributed by atoms with Crippen molar-refractivity contribution in [3.63, 3.8) is 0 Å². The molecule has 0 radical (unpaired) electrons. The fourth-order valence-electron chi connectivity index (χ4n) is 2.42. The van der Waals surface area contributed by atoms with Crippen molar-refractivity contribution in [2.45, 2.75) is 20.3 Å². The monoisotopic (exact) mass is 266 g/mol. The van der Waals surface area contributed by atoms with Gasteiger partial charge in [-0.2, -0.15) is 4.73 Å². The highest BCUT2D eigenvalue weighted by Crippen LogP contribution is 2.30. The van der Waals surface area contributed by atoms with Gasteiger partial charge in [-0.25, -0.2) is 0 Å². The van der Waals surface area contributed by atoms with E-state index in [9.17, 15) is 15.3 Å². The first-order chi connectivity index (χ1) is 9.02. The molecule has 2 rings (SSSR count). The van der Waals surface area contributed by atoms with E-state index in [0.717, 1.165) is 26.1 Å². The Bertz CT molecular complexity index is 496. The van der Waals surface area contributed by atoms with Gasteiger partial charge in [0.1, 0.15) is 5.69 Å². The Morgan fingerprint density at radius 1 is 1.37 bits per heavy atom. The summed E-state index contributed by atoms with van der Waals surface area (Å²) in [5.74, 6) is 0. The predicted molar refractivity (Wildman–Crippen MR) is 71.2 cm³/mol. The molecule has 0 saturated carbocycles. The van der Waals surface area contributed by atoms with Gasteiger partial charge in [0, 0.05) is 39.5 Å². The van der Waals surface area contributed by atoms with Gasteiger partial charge in [-0.15, -0.1) is 0 Å². The van der Waals surface area contributed by atoms with Gasteiger partial charge in [0.25, 0.3) is 5.69 Å². The minimum absolute atomic E-state index is 0.0810. The number of nitrogens with zero attached hydrogens (tertiary/aromatic N) is 3. The second-order valence-corrected chi connectivity index (χ2v) is 4.75. The zero-order chi connectivity index (χ0) is 14.0. The first-order valence-corrected chi connectivity index (χ1v) is 6.36. The Morgan fingerprint density at radius 2 is 2.11 bits per heavy atom. The van der Waals surface area contributed by atoms with Crippen molar-refractivity contribution < 1.29 is 9.65 Å². The van der Waals surface area contributed by atoms with E-state index in [0.29, 0.717) is 22.7 Å². The van der Waals surface area contributed by atoms with Gasteiger partial charge in [-0.3, -0.25) is 10.1 Å². The van der Waals surface area contributed by atoms with Crippen LogP contribution in [0, 0.1) is 29.2 Å². The molecule has 7 heteroatoms. The number of anilines is 1. The van der Waals surface area contributed by atoms with Crippen molar-refractivity contribution in [2.24, 2.45) is 0 Å². The van der Waals surface area contributed by atoms with Crippen LogP contribution in [0.25, 0.3) is 0 Å². The average Bonchev–Trinajstić information content (AvgIpc) is 2.63. The van der Waals surface area contributed by atoms with E-state index in [2.05, 4.69) is 5.32 Å². The van der Waals surface area contributed by atoms with E-state index >= 15 is 0 Å². The number of nitro groups is 1. The zero-order valence-corrected chi connectivity index (χ0v) is 11.2. The molecule has 1 aromatic heterocycles. The third-order valence-electron chi connectivity index (χ3n) is 3.42. The Hall–Kier alpha value is -1.89. The van der Waals surface area contributed by atoms with Gasteiger partial charge in [-0.05, 0) is 13.0 Å². The highest BCUT2D eigenvalue weighted by atomic mass is 16.6. The number of hydrogen-bond donors (Lipinski definition) is 1. The van der Waals surface area contributed by atoms with Crippen molar-refractivity contribution in [3.05, 3.63) is 32.8 Å². The van der Waals surface area contributed by atoms with E-state index in [1.807, 2.05) is 4.90 Å². The van der Waals surface area contributed by atoms with Crippen LogP contribution in [0.1, 0.15) is 17.8 Å². The number of pyridine rings is 1. The molecule has 1 aliphatic heterocycles. The van der Waals surface area contributed by atoms with Crippen molar-refractivity contribution in [1.82, 2.24) is 5.32 Å². The molecule has 7 nitrogen and oxygen atoms in total. The fraction of sp³-hybridized carbons (Fsp3) is 0.583. The Kier molecular flexibility index (Phi) is 3.84. The molecule has 1 saturated heterocycles. The summed E-state index contributed by atoms with van der Waals surface area (Å²) in [6, 6.07) is 1.61. The van der Waals surface area contributed by atoms with Gasteiger partial charge < -0.3 is 15.4 Å². The molecule has 0 aliphatic carbocycles. The van der Waals surface area contributed by atoms with Crippen LogP contribution in [-0.4, -0.2) is 31.1 Å². The lowest BCUT2D eigenvalue weighted by atomic mass is 10.2. The Labute approximate surface area is 111 Å². The third-order valence-corrected chi connectivity index (χ3v) is 3.42. The summed E-state index contributed by atoms with van der Waals surface area (Å²) >= 11 is 0. The topological polar surface area (TPSA) is 85.3 Å². The number of nitrogens with one attached hydrogen (secondary N) is 1. The van der Waals surface area contributed by atoms with Crippen molar-refractivity contribution in [1.29, 1.82) is 0 Å². The number of aromatic nitrogens is 1. The van der Waals surface area contributed by atoms with Crippen LogP contribution in [0.2, 0.25) is 0 Å². The molecule has 0 aromatic carbocycles. The molecule has 1 fully saturated rings. The largest absolute Gasteiger partial charge is 0.618 e. The maximum absolute atomic E-state index is 11.8. The van der Waals surface area contributed by atoms with E-state index in [1.165, 1.54) is 6.92 Å². The molecule has 0 amide bonds. The summed E-state index contributed by atoms with van der Waals surface area (Å²) < 4.78 is 0.623. The van der Waals surface area contributed by atoms with E-state index in [-0.39, 0.29) is 11.4 Å². The van der Waals surface area contributed by atoms with Gasteiger partial charge in [0.05, 0.1) is 4.92 Å². The maximum Gasteiger partial charge on any atom is 0.359 e. The fourth-order valence-corrected chi connectivity index (χ4v) is 2.42. The van der Waals surface area contributed by atoms with Crippen LogP contribution < -0.4 is 14.9 Å². The molecule has 19 heavy (non-hydrogen) atoms. The molecule has 0 unspecified atom stereocenters. The molecule has 0 spiro atoms. The summed E-state index contributed by atoms with van der Waals surface area (Å²) in [6.07, 6.45) is 0.932. The van der Waals surface area contributed by atoms with Crippen molar-refractivity contribution >= 4 is 11.4 Å². The van der Waals surface area contributed by atoms with E-state index < -0.39 is 4.92 Å². The van der Waals surface area contributed by atoms with Crippen LogP contribution in [0.5, 0.6) is 0 Å². The highest BCUT2D eigenvalue weighted by Gasteiger charge is 2.29. The standard InChI is InChI=1S/C12H18N4O3/c1-9-8-11(14-6-3-4-13-5-7-14)12(16(18)19)10(2)15(9)17/h8,13H,3-7H2,1-2H3. The summed E-state index contributed by atoms with van der Waals surface area (Å²) in [6.45, 7) is 6.34. The molecule has 104 valence electrons. The number of rotatable bonds is 2. The molecule has 1 N–H and O–H groups in total. The first-order valence-electron chi connectivity index (χ1n) is 6.36. The number of aryl methyl sites for hydroxylation is 1. The van der Waals surface area contributed by atoms with Crippen LogP contribution in [0.15, 0.2) is 6.07 Å². The summed E-state index contributed by atoms with van der Waals surface area (Å²) in [7, 11) is 0. The highest BCUT2D eigenvalue weighted by molar-refractivity contribution is 5.64. The van der Waals surface area contributed by atoms with Gasteiger partial charge in [-0.1, -0.05) is 0 Å². The van der Waals surface area contributed by atoms with Gasteiger partial charge in [0.15, 0.2) is 5.69 Å². The summed E-state index contributed by atoms with van der Waals surface area (Å²) in [4.78, 5) is 12.8. The summed E-state index contributed by atoms with van der Waals surface area (Å²) in [5, 5.41) is 26.3. The predicted octanol–water partition coefficient (Wildman–Crippen LogP) is 0.645. The van der Waals surface area contributed by atoms with Crippen LogP contribution in [0.4, 0.5) is 11.4 Å². The second-order valence-electron chi connectivity index (χ2n) is 4.75. The molecule has 1 aromatic rings. The third kappa shape index (κ3) is 2.60. The van der Waals surface area contributed by atoms with E-state index in [1.54, 1.807) is 13.0 Å². The molecule has 2 heterocycles. The number of hydrogen-bond acceptors (Lipinski definition) is 5. The minimum atomic E-state index is -0.461. The summed E-state index contributed by atoms with van der Waals surface area (Å²) in [5.41, 5.74) is 1.10. The molecular formula is C12H18N4O3. The van der Waals surface area contributed by atoms with Crippen LogP contribution >= 0.6 is 0 Å². The van der Waals surface area contributed by atoms with Gasteiger partial charge in [0.2, 0.25) is 0 Å². The van der Waals surface area contributed by atoms with Crippen molar-refractivity contribution in [2.75, 3.05) is 31.1 Å². The quantitative estimate of drug-likeness (QED) is 0.367. The Morgan fingerprint density at radius 3 is 2.79 bits per heavy atom. The van der Waals surface area contributed by atoms with Crippen LogP contribution in [-0.2, 0) is 0 Å². The molecular weight excluding hydrogens is 248 g/mol. The lowest BCUT2D eigenvalue weighted by molar-refractivity contribution is -0.623. The average molecular weight is 266 g/mol. The molecule has 1 aliphatic rings. The lowest BCUT2D eigenvalue weighted by Gasteiger charge is -2.22. The van der Waals surface area contributed by atoms with Crippen LogP contribution in [0.3, 0.4) is 0 Å². The Balaban J connectivity index is 2.51. The first kappa shape index (κ1) is 13.5. The van der Waals surface area contributed by atoms with E-state index in [4.69, 9.17) is 0 Å². The van der Waals surface area contributed by atoms with Gasteiger partial charge >= 0.3 is 5.69 Å². The zero-order valence-electron chi connectivity index (χ0n) is 11.2. The van der Waals surface area contributed by atoms with Crippen molar-refractivity contribution in [3.8, 4) is 0 Å².